The van der Waals surface area contributed by atoms with Crippen molar-refractivity contribution in [2.24, 2.45) is 11.8 Å². The van der Waals surface area contributed by atoms with Crippen LogP contribution in [0.2, 0.25) is 0 Å². The van der Waals surface area contributed by atoms with Crippen molar-refractivity contribution in [3.8, 4) is 0 Å². The molecule has 6 nitrogen and oxygen atoms in total. The first-order valence-electron chi connectivity index (χ1n) is 7.90. The maximum Gasteiger partial charge on any atom is 0.339 e. The van der Waals surface area contributed by atoms with Gasteiger partial charge in [0.15, 0.2) is 5.60 Å². The van der Waals surface area contributed by atoms with Gasteiger partial charge in [0, 0.05) is 11.8 Å². The number of carbonyl (C=O) groups excluding carboxylic acids is 2. The third-order valence-corrected chi connectivity index (χ3v) is 6.25. The lowest BCUT2D eigenvalue weighted by Gasteiger charge is -2.54. The summed E-state index contributed by atoms with van der Waals surface area (Å²) in [6.45, 7) is 1.72. The maximum atomic E-state index is 12.3. The predicted octanol–water partition coefficient (Wildman–Crippen LogP) is 0.344. The highest BCUT2D eigenvalue weighted by Crippen LogP contribution is 2.55. The Morgan fingerprint density at radius 3 is 2.91 bits per heavy atom. The molecular weight excluding hydrogens is 310 g/mol. The summed E-state index contributed by atoms with van der Waals surface area (Å²) in [5.41, 5.74) is -2.38. The van der Waals surface area contributed by atoms with Gasteiger partial charge < -0.3 is 19.9 Å². The molecule has 3 saturated heterocycles. The summed E-state index contributed by atoms with van der Waals surface area (Å²) < 4.78 is 11.0. The fourth-order valence-electron chi connectivity index (χ4n) is 4.71. The molecule has 122 valence electrons. The molecule has 4 rings (SSSR count). The van der Waals surface area contributed by atoms with Crippen LogP contribution in [0.25, 0.3) is 0 Å². The highest BCUT2D eigenvalue weighted by Gasteiger charge is 2.80. The molecule has 3 aliphatic heterocycles. The number of hydrogen-bond donors (Lipinski definition) is 2. The normalized spacial score (nSPS) is 50.3. The summed E-state index contributed by atoms with van der Waals surface area (Å²) in [6, 6.07) is 0. The number of amides is 1. The van der Waals surface area contributed by atoms with E-state index in [1.807, 2.05) is 0 Å². The van der Waals surface area contributed by atoms with E-state index in [0.29, 0.717) is 12.3 Å². The van der Waals surface area contributed by atoms with Gasteiger partial charge in [0.1, 0.15) is 0 Å². The molecular formula is C15H20ClNO5. The molecule has 0 aromatic rings. The zero-order chi connectivity index (χ0) is 15.7. The van der Waals surface area contributed by atoms with E-state index in [-0.39, 0.29) is 24.0 Å². The lowest BCUT2D eigenvalue weighted by Crippen LogP contribution is -2.80. The summed E-state index contributed by atoms with van der Waals surface area (Å²) in [7, 11) is 0. The first kappa shape index (κ1) is 14.7. The Morgan fingerprint density at radius 1 is 1.45 bits per heavy atom. The van der Waals surface area contributed by atoms with E-state index >= 15 is 0 Å². The third-order valence-electron chi connectivity index (χ3n) is 6.03. The van der Waals surface area contributed by atoms with E-state index < -0.39 is 29.1 Å². The first-order valence-corrected chi connectivity index (χ1v) is 8.44. The predicted molar refractivity (Wildman–Crippen MR) is 76.2 cm³/mol. The van der Waals surface area contributed by atoms with Crippen molar-refractivity contribution in [3.05, 3.63) is 0 Å². The van der Waals surface area contributed by atoms with Crippen LogP contribution in [0.15, 0.2) is 0 Å². The Kier molecular flexibility index (Phi) is 3.07. The standard InChI is InChI=1S/C15H20ClNO5/c1-14-8(5-6-16)12(19)17-15(14,13(20)22-14)11(18)7-3-2-4-9-10(7)21-9/h7-11,18H,2-6H2,1H3,(H,17,19)/t7-,8-,9+,10?,11-,14-,15-/m0/s1. The lowest BCUT2D eigenvalue weighted by molar-refractivity contribution is -0.240. The summed E-state index contributed by atoms with van der Waals surface area (Å²) in [6.07, 6.45) is 2.39. The second-order valence-corrected chi connectivity index (χ2v) is 7.38. The summed E-state index contributed by atoms with van der Waals surface area (Å²) in [5.74, 6) is -1.17. The van der Waals surface area contributed by atoms with Gasteiger partial charge in [-0.2, -0.15) is 0 Å². The average Bonchev–Trinajstić information content (AvgIpc) is 3.25. The van der Waals surface area contributed by atoms with Crippen LogP contribution in [0, 0.1) is 11.8 Å². The minimum atomic E-state index is -1.35. The quantitative estimate of drug-likeness (QED) is 0.441. The van der Waals surface area contributed by atoms with Crippen molar-refractivity contribution in [1.82, 2.24) is 5.32 Å². The van der Waals surface area contributed by atoms with E-state index in [0.717, 1.165) is 19.3 Å². The van der Waals surface area contributed by atoms with Gasteiger partial charge in [-0.05, 0) is 26.2 Å². The number of ether oxygens (including phenoxy) is 2. The number of carbonyl (C=O) groups is 2. The van der Waals surface area contributed by atoms with Gasteiger partial charge in [0.2, 0.25) is 11.4 Å². The van der Waals surface area contributed by atoms with Crippen LogP contribution in [-0.2, 0) is 19.1 Å². The first-order chi connectivity index (χ1) is 10.5. The van der Waals surface area contributed by atoms with Crippen molar-refractivity contribution in [2.45, 2.75) is 62.1 Å². The number of aliphatic hydroxyl groups excluding tert-OH is 1. The van der Waals surface area contributed by atoms with Crippen LogP contribution in [0.4, 0.5) is 0 Å². The number of alkyl halides is 1. The second kappa shape index (κ2) is 4.58. The minimum absolute atomic E-state index is 0.000228. The average molecular weight is 330 g/mol. The number of nitrogens with one attached hydrogen (secondary N) is 1. The van der Waals surface area contributed by atoms with Crippen molar-refractivity contribution in [3.63, 3.8) is 0 Å². The molecule has 22 heavy (non-hydrogen) atoms. The van der Waals surface area contributed by atoms with Crippen LogP contribution >= 0.6 is 11.6 Å². The molecule has 4 fully saturated rings. The van der Waals surface area contributed by atoms with Crippen molar-refractivity contribution >= 4 is 23.5 Å². The largest absolute Gasteiger partial charge is 0.453 e. The molecule has 3 heterocycles. The number of epoxide rings is 1. The van der Waals surface area contributed by atoms with Crippen LogP contribution in [-0.4, -0.2) is 52.3 Å². The zero-order valence-electron chi connectivity index (χ0n) is 12.4. The minimum Gasteiger partial charge on any atom is -0.453 e. The molecule has 0 aromatic carbocycles. The monoisotopic (exact) mass is 329 g/mol. The van der Waals surface area contributed by atoms with E-state index in [2.05, 4.69) is 5.32 Å². The van der Waals surface area contributed by atoms with Gasteiger partial charge in [-0.15, -0.1) is 11.6 Å². The van der Waals surface area contributed by atoms with Gasteiger partial charge >= 0.3 is 5.97 Å². The smallest absolute Gasteiger partial charge is 0.339 e. The number of esters is 1. The van der Waals surface area contributed by atoms with Gasteiger partial charge in [-0.3, -0.25) is 4.79 Å². The second-order valence-electron chi connectivity index (χ2n) is 7.00. The Hall–Kier alpha value is -0.850. The zero-order valence-corrected chi connectivity index (χ0v) is 13.1. The van der Waals surface area contributed by atoms with Gasteiger partial charge in [0.05, 0.1) is 24.2 Å². The Bertz CT molecular complexity index is 542. The number of rotatable bonds is 4. The SMILES string of the molecule is C[C@@]12OC(=O)[C@]1([C@@H](O)[C@H]1CCC[C@H]3OC31)NC(=O)[C@@H]2CCCl. The summed E-state index contributed by atoms with van der Waals surface area (Å²) in [4.78, 5) is 24.6. The summed E-state index contributed by atoms with van der Waals surface area (Å²) in [5, 5.41) is 13.7. The van der Waals surface area contributed by atoms with Crippen LogP contribution in [0.3, 0.4) is 0 Å². The molecule has 1 amide bonds. The Morgan fingerprint density at radius 2 is 2.23 bits per heavy atom. The van der Waals surface area contributed by atoms with Gasteiger partial charge in [-0.25, -0.2) is 4.79 Å². The topological polar surface area (TPSA) is 88.2 Å². The molecule has 7 atom stereocenters. The molecule has 1 aliphatic carbocycles. The fourth-order valence-corrected chi connectivity index (χ4v) is 4.93. The van der Waals surface area contributed by atoms with E-state index in [9.17, 15) is 14.7 Å². The van der Waals surface area contributed by atoms with Crippen LogP contribution in [0.1, 0.15) is 32.6 Å². The lowest BCUT2D eigenvalue weighted by atomic mass is 9.64. The number of hydrogen-bond acceptors (Lipinski definition) is 5. The molecule has 7 heteroatoms. The molecule has 2 N–H and O–H groups in total. The fraction of sp³-hybridized carbons (Fsp3) is 0.867. The number of aliphatic hydroxyl groups is 1. The van der Waals surface area contributed by atoms with Crippen molar-refractivity contribution < 1.29 is 24.2 Å². The Labute approximate surface area is 133 Å². The Balaban J connectivity index is 1.66. The number of fused-ring (bicyclic) bond motifs is 2. The molecule has 1 saturated carbocycles. The maximum absolute atomic E-state index is 12.3. The van der Waals surface area contributed by atoms with Crippen LogP contribution in [0.5, 0.6) is 0 Å². The van der Waals surface area contributed by atoms with E-state index in [1.165, 1.54) is 0 Å². The number of halogens is 1. The van der Waals surface area contributed by atoms with E-state index in [4.69, 9.17) is 21.1 Å². The highest BCUT2D eigenvalue weighted by molar-refractivity contribution is 6.18. The van der Waals surface area contributed by atoms with E-state index in [1.54, 1.807) is 6.92 Å². The molecule has 1 unspecified atom stereocenters. The molecule has 0 aromatic heterocycles. The molecule has 0 radical (unpaired) electrons. The van der Waals surface area contributed by atoms with Crippen LogP contribution < -0.4 is 5.32 Å². The van der Waals surface area contributed by atoms with Crippen molar-refractivity contribution in [2.75, 3.05) is 5.88 Å². The third kappa shape index (κ3) is 1.58. The van der Waals surface area contributed by atoms with Gasteiger partial charge in [0.25, 0.3) is 0 Å². The molecule has 0 spiro atoms. The summed E-state index contributed by atoms with van der Waals surface area (Å²) >= 11 is 5.78. The van der Waals surface area contributed by atoms with Crippen molar-refractivity contribution in [1.29, 1.82) is 0 Å². The molecule has 4 aliphatic rings. The highest BCUT2D eigenvalue weighted by atomic mass is 35.5. The molecule has 0 bridgehead atoms. The van der Waals surface area contributed by atoms with Gasteiger partial charge in [-0.1, -0.05) is 6.42 Å².